The number of ether oxygens (including phenoxy) is 1. The number of carbonyl (C=O) groups is 2. The van der Waals surface area contributed by atoms with Crippen molar-refractivity contribution in [1.29, 1.82) is 0 Å². The number of nitrogens with one attached hydrogen (secondary N) is 1. The van der Waals surface area contributed by atoms with Crippen molar-refractivity contribution in [3.05, 3.63) is 23.9 Å². The molecule has 20 heavy (non-hydrogen) atoms. The molecule has 0 saturated carbocycles. The first-order valence-corrected chi connectivity index (χ1v) is 6.51. The van der Waals surface area contributed by atoms with E-state index >= 15 is 0 Å². The summed E-state index contributed by atoms with van der Waals surface area (Å²) in [4.78, 5) is 27.3. The van der Waals surface area contributed by atoms with Crippen molar-refractivity contribution in [2.45, 2.75) is 38.6 Å². The zero-order chi connectivity index (χ0) is 15.2. The quantitative estimate of drug-likeness (QED) is 0.795. The number of aromatic nitrogens is 1. The van der Waals surface area contributed by atoms with Crippen LogP contribution < -0.4 is 10.1 Å². The van der Waals surface area contributed by atoms with Crippen molar-refractivity contribution in [3.63, 3.8) is 0 Å². The minimum Gasteiger partial charge on any atom is -0.481 e. The number of hydrogen-bond acceptors (Lipinski definition) is 4. The molecule has 6 nitrogen and oxygen atoms in total. The molecule has 1 aromatic heterocycles. The number of carbonyl (C=O) groups excluding carboxylic acids is 1. The van der Waals surface area contributed by atoms with Crippen molar-refractivity contribution in [1.82, 2.24) is 10.3 Å². The third-order valence-electron chi connectivity index (χ3n) is 3.43. The number of nitrogens with zero attached hydrogens (tertiary/aromatic N) is 1. The van der Waals surface area contributed by atoms with Crippen LogP contribution in [0.1, 0.15) is 43.5 Å². The second kappa shape index (κ2) is 6.88. The molecule has 2 N–H and O–H groups in total. The zero-order valence-electron chi connectivity index (χ0n) is 12.0. The highest BCUT2D eigenvalue weighted by molar-refractivity contribution is 5.97. The van der Waals surface area contributed by atoms with Gasteiger partial charge in [0.2, 0.25) is 5.88 Å². The van der Waals surface area contributed by atoms with Crippen LogP contribution in [0.15, 0.2) is 18.3 Å². The Morgan fingerprint density at radius 3 is 2.55 bits per heavy atom. The lowest BCUT2D eigenvalue weighted by Crippen LogP contribution is -2.49. The molecular formula is C14H20N2O4. The summed E-state index contributed by atoms with van der Waals surface area (Å²) in [6, 6.07) is 3.23. The molecule has 0 unspecified atom stereocenters. The Labute approximate surface area is 118 Å². The molecule has 0 bridgehead atoms. The van der Waals surface area contributed by atoms with Crippen LogP contribution in [0, 0.1) is 0 Å². The Kier molecular flexibility index (Phi) is 5.49. The van der Waals surface area contributed by atoms with E-state index in [4.69, 9.17) is 9.84 Å². The molecule has 0 spiro atoms. The molecule has 1 amide bonds. The molecule has 0 aliphatic rings. The van der Waals surface area contributed by atoms with Gasteiger partial charge >= 0.3 is 5.97 Å². The zero-order valence-corrected chi connectivity index (χ0v) is 12.0. The van der Waals surface area contributed by atoms with E-state index in [0.29, 0.717) is 18.4 Å². The Hall–Kier alpha value is -2.11. The summed E-state index contributed by atoms with van der Waals surface area (Å²) in [5, 5.41) is 11.8. The number of hydrogen-bond donors (Lipinski definition) is 2. The molecule has 1 heterocycles. The van der Waals surface area contributed by atoms with Gasteiger partial charge in [0, 0.05) is 6.20 Å². The normalized spacial score (nSPS) is 10.9. The first-order valence-electron chi connectivity index (χ1n) is 6.51. The lowest BCUT2D eigenvalue weighted by Gasteiger charge is -2.31. The monoisotopic (exact) mass is 280 g/mol. The van der Waals surface area contributed by atoms with Gasteiger partial charge in [-0.15, -0.1) is 0 Å². The topological polar surface area (TPSA) is 88.5 Å². The standard InChI is InChI=1S/C14H20N2O4/c1-4-14(5-2,9-11(17)18)16-12(19)10-7-6-8-15-13(10)20-3/h6-8H,4-5,9H2,1-3H3,(H,16,19)(H,17,18). The summed E-state index contributed by atoms with van der Waals surface area (Å²) in [5.74, 6) is -1.09. The minimum absolute atomic E-state index is 0.117. The summed E-state index contributed by atoms with van der Waals surface area (Å²) in [6.45, 7) is 3.71. The third kappa shape index (κ3) is 3.69. The molecule has 1 aromatic rings. The fraction of sp³-hybridized carbons (Fsp3) is 0.500. The van der Waals surface area contributed by atoms with Crippen molar-refractivity contribution in [2.24, 2.45) is 0 Å². The fourth-order valence-electron chi connectivity index (χ4n) is 2.04. The molecule has 1 rings (SSSR count). The Morgan fingerprint density at radius 2 is 2.05 bits per heavy atom. The van der Waals surface area contributed by atoms with Crippen LogP contribution in [0.5, 0.6) is 5.88 Å². The number of pyridine rings is 1. The van der Waals surface area contributed by atoms with Gasteiger partial charge < -0.3 is 15.2 Å². The number of carboxylic acids is 1. The van der Waals surface area contributed by atoms with E-state index in [-0.39, 0.29) is 18.2 Å². The summed E-state index contributed by atoms with van der Waals surface area (Å²) < 4.78 is 5.04. The van der Waals surface area contributed by atoms with Gasteiger partial charge in [-0.25, -0.2) is 4.98 Å². The molecule has 6 heteroatoms. The Morgan fingerprint density at radius 1 is 1.40 bits per heavy atom. The van der Waals surface area contributed by atoms with Crippen molar-refractivity contribution < 1.29 is 19.4 Å². The molecular weight excluding hydrogens is 260 g/mol. The predicted octanol–water partition coefficient (Wildman–Crippen LogP) is 1.85. The maximum absolute atomic E-state index is 12.3. The molecule has 0 aliphatic heterocycles. The lowest BCUT2D eigenvalue weighted by molar-refractivity contribution is -0.138. The van der Waals surface area contributed by atoms with Crippen molar-refractivity contribution in [2.75, 3.05) is 7.11 Å². The maximum atomic E-state index is 12.3. The highest BCUT2D eigenvalue weighted by Crippen LogP contribution is 2.22. The molecule has 0 fully saturated rings. The molecule has 110 valence electrons. The first-order chi connectivity index (χ1) is 9.48. The molecule has 0 aromatic carbocycles. The lowest BCUT2D eigenvalue weighted by atomic mass is 9.88. The first kappa shape index (κ1) is 15.9. The average molecular weight is 280 g/mol. The van der Waals surface area contributed by atoms with E-state index in [9.17, 15) is 9.59 Å². The van der Waals surface area contributed by atoms with E-state index in [1.54, 1.807) is 12.1 Å². The Bertz CT molecular complexity index is 484. The van der Waals surface area contributed by atoms with E-state index in [1.165, 1.54) is 13.3 Å². The number of rotatable bonds is 7. The van der Waals surface area contributed by atoms with E-state index < -0.39 is 11.5 Å². The molecule has 0 saturated heterocycles. The van der Waals surface area contributed by atoms with Gasteiger partial charge in [-0.3, -0.25) is 9.59 Å². The fourth-order valence-corrected chi connectivity index (χ4v) is 2.04. The number of methoxy groups -OCH3 is 1. The van der Waals surface area contributed by atoms with Gasteiger partial charge in [0.15, 0.2) is 0 Å². The Balaban J connectivity index is 2.99. The van der Waals surface area contributed by atoms with E-state index in [1.807, 2.05) is 13.8 Å². The SMILES string of the molecule is CCC(CC)(CC(=O)O)NC(=O)c1cccnc1OC. The van der Waals surface area contributed by atoms with Crippen LogP contribution in [0.4, 0.5) is 0 Å². The number of aliphatic carboxylic acids is 1. The minimum atomic E-state index is -0.938. The van der Waals surface area contributed by atoms with Gasteiger partial charge in [0.25, 0.3) is 5.91 Å². The van der Waals surface area contributed by atoms with Crippen molar-refractivity contribution in [3.8, 4) is 5.88 Å². The van der Waals surface area contributed by atoms with E-state index in [0.717, 1.165) is 0 Å². The predicted molar refractivity (Wildman–Crippen MR) is 73.8 cm³/mol. The van der Waals surface area contributed by atoms with Gasteiger partial charge in [-0.1, -0.05) is 13.8 Å². The number of carboxylic acid groups (broad SMARTS) is 1. The van der Waals surface area contributed by atoms with Crippen LogP contribution in [0.25, 0.3) is 0 Å². The van der Waals surface area contributed by atoms with Gasteiger partial charge in [0.1, 0.15) is 5.56 Å². The number of amides is 1. The highest BCUT2D eigenvalue weighted by atomic mass is 16.5. The van der Waals surface area contributed by atoms with Gasteiger partial charge in [0.05, 0.1) is 19.1 Å². The van der Waals surface area contributed by atoms with Gasteiger partial charge in [-0.2, -0.15) is 0 Å². The summed E-state index contributed by atoms with van der Waals surface area (Å²) in [7, 11) is 1.43. The summed E-state index contributed by atoms with van der Waals surface area (Å²) >= 11 is 0. The second-order valence-corrected chi connectivity index (χ2v) is 4.57. The second-order valence-electron chi connectivity index (χ2n) is 4.57. The van der Waals surface area contributed by atoms with Crippen LogP contribution >= 0.6 is 0 Å². The van der Waals surface area contributed by atoms with Crippen LogP contribution in [0.3, 0.4) is 0 Å². The largest absolute Gasteiger partial charge is 0.481 e. The molecule has 0 aliphatic carbocycles. The molecule has 0 atom stereocenters. The van der Waals surface area contributed by atoms with Crippen LogP contribution in [-0.4, -0.2) is 34.6 Å². The van der Waals surface area contributed by atoms with Gasteiger partial charge in [-0.05, 0) is 25.0 Å². The smallest absolute Gasteiger partial charge is 0.305 e. The van der Waals surface area contributed by atoms with E-state index in [2.05, 4.69) is 10.3 Å². The van der Waals surface area contributed by atoms with Crippen LogP contribution in [0.2, 0.25) is 0 Å². The van der Waals surface area contributed by atoms with Crippen molar-refractivity contribution >= 4 is 11.9 Å². The molecule has 0 radical (unpaired) electrons. The average Bonchev–Trinajstić information content (AvgIpc) is 2.45. The maximum Gasteiger partial charge on any atom is 0.305 e. The highest BCUT2D eigenvalue weighted by Gasteiger charge is 2.32. The third-order valence-corrected chi connectivity index (χ3v) is 3.43. The van der Waals surface area contributed by atoms with Crippen LogP contribution in [-0.2, 0) is 4.79 Å². The summed E-state index contributed by atoms with van der Waals surface area (Å²) in [6.07, 6.45) is 2.47. The summed E-state index contributed by atoms with van der Waals surface area (Å²) in [5.41, 5.74) is -0.462.